The number of ether oxygens (including phenoxy) is 2. The van der Waals surface area contributed by atoms with Crippen LogP contribution in [0.3, 0.4) is 0 Å². The summed E-state index contributed by atoms with van der Waals surface area (Å²) in [5.74, 6) is 0.668. The lowest BCUT2D eigenvalue weighted by atomic mass is 10.1. The maximum absolute atomic E-state index is 11.0. The second-order valence-electron chi connectivity index (χ2n) is 4.68. The Hall–Kier alpha value is -1.88. The molecule has 0 radical (unpaired) electrons. The largest absolute Gasteiger partial charge is 0.496 e. The van der Waals surface area contributed by atoms with Crippen molar-refractivity contribution in [3.63, 3.8) is 0 Å². The molecule has 1 aromatic carbocycles. The van der Waals surface area contributed by atoms with Gasteiger partial charge in [-0.3, -0.25) is 4.79 Å². The zero-order chi connectivity index (χ0) is 13.2. The van der Waals surface area contributed by atoms with E-state index in [9.17, 15) is 4.79 Å². The molecular weight excluding hydrogens is 244 g/mol. The molecule has 0 aliphatic carbocycles. The van der Waals surface area contributed by atoms with Crippen molar-refractivity contribution in [1.82, 2.24) is 9.78 Å². The van der Waals surface area contributed by atoms with Gasteiger partial charge < -0.3 is 9.47 Å². The summed E-state index contributed by atoms with van der Waals surface area (Å²) in [6, 6.07) is 3.55. The summed E-state index contributed by atoms with van der Waals surface area (Å²) >= 11 is 0. The van der Waals surface area contributed by atoms with Gasteiger partial charge in [-0.25, -0.2) is 4.68 Å². The van der Waals surface area contributed by atoms with Crippen LogP contribution in [0.15, 0.2) is 18.3 Å². The first-order valence-corrected chi connectivity index (χ1v) is 6.45. The molecule has 5 nitrogen and oxygen atoms in total. The van der Waals surface area contributed by atoms with E-state index in [4.69, 9.17) is 9.47 Å². The molecule has 0 saturated carbocycles. The molecule has 0 amide bonds. The van der Waals surface area contributed by atoms with Crippen molar-refractivity contribution in [2.45, 2.75) is 25.5 Å². The Kier molecular flexibility index (Phi) is 3.21. The summed E-state index contributed by atoms with van der Waals surface area (Å²) < 4.78 is 12.9. The van der Waals surface area contributed by atoms with Crippen molar-refractivity contribution in [3.8, 4) is 5.75 Å². The van der Waals surface area contributed by atoms with Crippen LogP contribution in [0.2, 0.25) is 0 Å². The number of aldehydes is 1. The standard InChI is InChI=1S/C14H16N2O3/c1-18-13-7-10(9-17)6-12-11(13)8-15-16(12)14-4-2-3-5-19-14/h6-9,14H,2-5H2,1H3. The summed E-state index contributed by atoms with van der Waals surface area (Å²) in [7, 11) is 1.60. The van der Waals surface area contributed by atoms with E-state index in [-0.39, 0.29) is 6.23 Å². The predicted octanol–water partition coefficient (Wildman–Crippen LogP) is 2.56. The number of benzene rings is 1. The second kappa shape index (κ2) is 5.01. The number of nitrogens with zero attached hydrogens (tertiary/aromatic N) is 2. The van der Waals surface area contributed by atoms with Crippen molar-refractivity contribution in [3.05, 3.63) is 23.9 Å². The van der Waals surface area contributed by atoms with Crippen molar-refractivity contribution < 1.29 is 14.3 Å². The van der Waals surface area contributed by atoms with Crippen LogP contribution in [0.25, 0.3) is 10.9 Å². The maximum atomic E-state index is 11.0. The summed E-state index contributed by atoms with van der Waals surface area (Å²) in [4.78, 5) is 11.0. The fourth-order valence-electron chi connectivity index (χ4n) is 2.52. The highest BCUT2D eigenvalue weighted by molar-refractivity contribution is 5.91. The summed E-state index contributed by atoms with van der Waals surface area (Å²) in [6.45, 7) is 0.760. The lowest BCUT2D eigenvalue weighted by Gasteiger charge is -2.23. The molecule has 3 rings (SSSR count). The Morgan fingerprint density at radius 1 is 1.47 bits per heavy atom. The van der Waals surface area contributed by atoms with E-state index in [1.165, 1.54) is 0 Å². The summed E-state index contributed by atoms with van der Waals surface area (Å²) in [6.07, 6.45) is 5.72. The minimum absolute atomic E-state index is 0.0436. The van der Waals surface area contributed by atoms with E-state index in [0.29, 0.717) is 11.3 Å². The van der Waals surface area contributed by atoms with Gasteiger partial charge in [-0.2, -0.15) is 5.10 Å². The lowest BCUT2D eigenvalue weighted by Crippen LogP contribution is -2.19. The third kappa shape index (κ3) is 2.10. The Balaban J connectivity index is 2.12. The van der Waals surface area contributed by atoms with Gasteiger partial charge >= 0.3 is 0 Å². The van der Waals surface area contributed by atoms with Crippen LogP contribution >= 0.6 is 0 Å². The molecule has 1 unspecified atom stereocenters. The number of methoxy groups -OCH3 is 1. The van der Waals surface area contributed by atoms with Crippen molar-refractivity contribution in [1.29, 1.82) is 0 Å². The summed E-state index contributed by atoms with van der Waals surface area (Å²) in [5.41, 5.74) is 1.47. The minimum atomic E-state index is -0.0436. The van der Waals surface area contributed by atoms with Crippen LogP contribution in [-0.4, -0.2) is 29.8 Å². The first kappa shape index (κ1) is 12.2. The quantitative estimate of drug-likeness (QED) is 0.796. The van der Waals surface area contributed by atoms with Gasteiger partial charge in [0.15, 0.2) is 6.23 Å². The number of hydrogen-bond acceptors (Lipinski definition) is 4. The van der Waals surface area contributed by atoms with E-state index in [2.05, 4.69) is 5.10 Å². The molecule has 1 aliphatic heterocycles. The molecule has 1 atom stereocenters. The normalized spacial score (nSPS) is 19.5. The SMILES string of the molecule is COc1cc(C=O)cc2c1cnn2C1CCCCO1. The average molecular weight is 260 g/mol. The van der Waals surface area contributed by atoms with Gasteiger partial charge in [-0.05, 0) is 31.4 Å². The third-order valence-electron chi connectivity index (χ3n) is 3.49. The highest BCUT2D eigenvalue weighted by Crippen LogP contribution is 2.31. The number of aromatic nitrogens is 2. The molecule has 1 aromatic heterocycles. The van der Waals surface area contributed by atoms with E-state index in [1.807, 2.05) is 10.7 Å². The third-order valence-corrected chi connectivity index (χ3v) is 3.49. The topological polar surface area (TPSA) is 53.3 Å². The number of carbonyl (C=O) groups is 1. The van der Waals surface area contributed by atoms with Crippen LogP contribution in [-0.2, 0) is 4.74 Å². The molecule has 100 valence electrons. The number of carbonyl (C=O) groups excluding carboxylic acids is 1. The monoisotopic (exact) mass is 260 g/mol. The fourth-order valence-corrected chi connectivity index (χ4v) is 2.52. The fraction of sp³-hybridized carbons (Fsp3) is 0.429. The van der Waals surface area contributed by atoms with Crippen LogP contribution in [0.1, 0.15) is 35.8 Å². The van der Waals surface area contributed by atoms with Gasteiger partial charge in [0, 0.05) is 12.2 Å². The molecular formula is C14H16N2O3. The van der Waals surface area contributed by atoms with Gasteiger partial charge in [-0.15, -0.1) is 0 Å². The average Bonchev–Trinajstić information content (AvgIpc) is 2.90. The van der Waals surface area contributed by atoms with E-state index in [1.54, 1.807) is 19.4 Å². The van der Waals surface area contributed by atoms with Crippen LogP contribution in [0, 0.1) is 0 Å². The van der Waals surface area contributed by atoms with E-state index < -0.39 is 0 Å². The molecule has 2 heterocycles. The van der Waals surface area contributed by atoms with Crippen molar-refractivity contribution in [2.24, 2.45) is 0 Å². The minimum Gasteiger partial charge on any atom is -0.496 e. The van der Waals surface area contributed by atoms with Crippen LogP contribution < -0.4 is 4.74 Å². The molecule has 0 spiro atoms. The molecule has 5 heteroatoms. The summed E-state index contributed by atoms with van der Waals surface area (Å²) in [5, 5.41) is 5.30. The van der Waals surface area contributed by atoms with Gasteiger partial charge in [0.2, 0.25) is 0 Å². The first-order valence-electron chi connectivity index (χ1n) is 6.45. The number of hydrogen-bond donors (Lipinski definition) is 0. The van der Waals surface area contributed by atoms with Crippen molar-refractivity contribution >= 4 is 17.2 Å². The van der Waals surface area contributed by atoms with Gasteiger partial charge in [0.05, 0.1) is 24.2 Å². The molecule has 1 fully saturated rings. The second-order valence-corrected chi connectivity index (χ2v) is 4.68. The van der Waals surface area contributed by atoms with Crippen molar-refractivity contribution in [2.75, 3.05) is 13.7 Å². The van der Waals surface area contributed by atoms with Gasteiger partial charge in [0.25, 0.3) is 0 Å². The first-order chi connectivity index (χ1) is 9.33. The zero-order valence-corrected chi connectivity index (χ0v) is 10.8. The molecule has 0 N–H and O–H groups in total. The Bertz CT molecular complexity index is 600. The highest BCUT2D eigenvalue weighted by atomic mass is 16.5. The predicted molar refractivity (Wildman–Crippen MR) is 70.5 cm³/mol. The molecule has 1 aliphatic rings. The Morgan fingerprint density at radius 3 is 3.05 bits per heavy atom. The maximum Gasteiger partial charge on any atom is 0.150 e. The Morgan fingerprint density at radius 2 is 2.37 bits per heavy atom. The molecule has 1 saturated heterocycles. The molecule has 19 heavy (non-hydrogen) atoms. The zero-order valence-electron chi connectivity index (χ0n) is 10.8. The van der Waals surface area contributed by atoms with Gasteiger partial charge in [0.1, 0.15) is 12.0 Å². The van der Waals surface area contributed by atoms with Gasteiger partial charge in [-0.1, -0.05) is 0 Å². The van der Waals surface area contributed by atoms with Crippen LogP contribution in [0.4, 0.5) is 0 Å². The molecule has 0 bridgehead atoms. The highest BCUT2D eigenvalue weighted by Gasteiger charge is 2.20. The number of rotatable bonds is 3. The molecule has 2 aromatic rings. The number of fused-ring (bicyclic) bond motifs is 1. The van der Waals surface area contributed by atoms with E-state index >= 15 is 0 Å². The van der Waals surface area contributed by atoms with Crippen LogP contribution in [0.5, 0.6) is 5.75 Å². The lowest BCUT2D eigenvalue weighted by molar-refractivity contribution is -0.0366. The van der Waals surface area contributed by atoms with E-state index in [0.717, 1.165) is 43.1 Å². The smallest absolute Gasteiger partial charge is 0.150 e. The Labute approximate surface area is 111 Å².